The maximum atomic E-state index is 5.70. The number of rotatable bonds is 3. The lowest BCUT2D eigenvalue weighted by molar-refractivity contribution is 0.185. The molecule has 2 unspecified atom stereocenters. The summed E-state index contributed by atoms with van der Waals surface area (Å²) in [5.41, 5.74) is 0.410. The Morgan fingerprint density at radius 1 is 1.50 bits per heavy atom. The second kappa shape index (κ2) is 4.53. The smallest absolute Gasteiger partial charge is 0.169 e. The minimum absolute atomic E-state index is 0.337. The molecular formula is C13H20BrNO. The fourth-order valence-corrected chi connectivity index (χ4v) is 3.33. The lowest BCUT2D eigenvalue weighted by Gasteiger charge is -2.32. The molecule has 0 radical (unpaired) electrons. The van der Waals surface area contributed by atoms with Crippen molar-refractivity contribution in [2.24, 2.45) is 11.3 Å². The van der Waals surface area contributed by atoms with E-state index >= 15 is 0 Å². The number of hydrogen-bond donors (Lipinski definition) is 1. The molecule has 1 aliphatic rings. The van der Waals surface area contributed by atoms with Crippen LogP contribution >= 0.6 is 15.9 Å². The van der Waals surface area contributed by atoms with Crippen molar-refractivity contribution in [3.63, 3.8) is 0 Å². The maximum absolute atomic E-state index is 5.70. The van der Waals surface area contributed by atoms with E-state index in [-0.39, 0.29) is 0 Å². The molecule has 2 nitrogen and oxygen atoms in total. The average Bonchev–Trinajstić information content (AvgIpc) is 2.76. The Hall–Kier alpha value is -0.280. The molecule has 0 aliphatic heterocycles. The fraction of sp³-hybridized carbons (Fsp3) is 0.692. The largest absolute Gasteiger partial charge is 0.453 e. The molecular weight excluding hydrogens is 266 g/mol. The first-order valence-corrected chi connectivity index (χ1v) is 6.76. The summed E-state index contributed by atoms with van der Waals surface area (Å²) in [6.45, 7) is 4.74. The third kappa shape index (κ3) is 2.21. The zero-order valence-corrected chi connectivity index (χ0v) is 11.8. The van der Waals surface area contributed by atoms with Gasteiger partial charge in [-0.05, 0) is 59.3 Å². The van der Waals surface area contributed by atoms with Crippen LogP contribution in [-0.4, -0.2) is 7.05 Å². The summed E-state index contributed by atoms with van der Waals surface area (Å²) in [5, 5.41) is 3.41. The van der Waals surface area contributed by atoms with Crippen molar-refractivity contribution in [2.75, 3.05) is 7.05 Å². The zero-order valence-electron chi connectivity index (χ0n) is 10.2. The van der Waals surface area contributed by atoms with E-state index in [1.165, 1.54) is 19.3 Å². The van der Waals surface area contributed by atoms with Gasteiger partial charge in [0.1, 0.15) is 5.76 Å². The average molecular weight is 286 g/mol. The van der Waals surface area contributed by atoms with Crippen LogP contribution in [0, 0.1) is 11.3 Å². The van der Waals surface area contributed by atoms with Gasteiger partial charge in [-0.3, -0.25) is 0 Å². The van der Waals surface area contributed by atoms with Crippen molar-refractivity contribution in [1.82, 2.24) is 5.32 Å². The van der Waals surface area contributed by atoms with Crippen molar-refractivity contribution in [3.8, 4) is 0 Å². The summed E-state index contributed by atoms with van der Waals surface area (Å²) in [6.07, 6.45) is 3.94. The maximum Gasteiger partial charge on any atom is 0.169 e. The van der Waals surface area contributed by atoms with E-state index in [0.29, 0.717) is 17.4 Å². The van der Waals surface area contributed by atoms with Crippen LogP contribution < -0.4 is 5.32 Å². The third-order valence-corrected chi connectivity index (χ3v) is 4.38. The molecule has 1 aliphatic carbocycles. The first kappa shape index (κ1) is 12.2. The van der Waals surface area contributed by atoms with Crippen molar-refractivity contribution >= 4 is 15.9 Å². The van der Waals surface area contributed by atoms with Crippen LogP contribution in [0.2, 0.25) is 0 Å². The number of hydrogen-bond acceptors (Lipinski definition) is 2. The minimum Gasteiger partial charge on any atom is -0.453 e. The van der Waals surface area contributed by atoms with E-state index < -0.39 is 0 Å². The fourth-order valence-electron chi connectivity index (χ4n) is 3.01. The highest BCUT2D eigenvalue weighted by Gasteiger charge is 2.40. The van der Waals surface area contributed by atoms with Crippen molar-refractivity contribution in [1.29, 1.82) is 0 Å². The lowest BCUT2D eigenvalue weighted by Crippen LogP contribution is -2.31. The Morgan fingerprint density at radius 3 is 2.69 bits per heavy atom. The van der Waals surface area contributed by atoms with Crippen LogP contribution in [0.1, 0.15) is 44.9 Å². The Morgan fingerprint density at radius 2 is 2.25 bits per heavy atom. The number of nitrogens with one attached hydrogen (secondary N) is 1. The molecule has 2 atom stereocenters. The monoisotopic (exact) mass is 285 g/mol. The van der Waals surface area contributed by atoms with E-state index in [2.05, 4.69) is 41.2 Å². The first-order chi connectivity index (χ1) is 7.54. The van der Waals surface area contributed by atoms with Gasteiger partial charge in [-0.1, -0.05) is 20.3 Å². The van der Waals surface area contributed by atoms with E-state index in [4.69, 9.17) is 4.42 Å². The third-order valence-electron chi connectivity index (χ3n) is 3.95. The lowest BCUT2D eigenvalue weighted by atomic mass is 9.77. The molecule has 1 heterocycles. The first-order valence-electron chi connectivity index (χ1n) is 5.97. The van der Waals surface area contributed by atoms with Crippen LogP contribution in [0.3, 0.4) is 0 Å². The van der Waals surface area contributed by atoms with Gasteiger partial charge in [-0.25, -0.2) is 0 Å². The van der Waals surface area contributed by atoms with Crippen LogP contribution in [-0.2, 0) is 0 Å². The molecule has 0 saturated heterocycles. The standard InChI is InChI=1S/C13H20BrNO/c1-13(2)8-4-5-9(13)12(15-3)10-6-7-11(14)16-10/h6-7,9,12,15H,4-5,8H2,1-3H3. The Bertz CT molecular complexity index is 359. The summed E-state index contributed by atoms with van der Waals surface area (Å²) in [5.74, 6) is 1.71. The van der Waals surface area contributed by atoms with E-state index in [1.54, 1.807) is 0 Å². The Balaban J connectivity index is 2.23. The highest BCUT2D eigenvalue weighted by Crippen LogP contribution is 2.48. The molecule has 0 aromatic carbocycles. The molecule has 2 rings (SSSR count). The van der Waals surface area contributed by atoms with Gasteiger partial charge in [0.25, 0.3) is 0 Å². The predicted octanol–water partition coefficient (Wildman–Crippen LogP) is 4.13. The SMILES string of the molecule is CNC(c1ccc(Br)o1)C1CCCC1(C)C. The molecule has 1 saturated carbocycles. The summed E-state index contributed by atoms with van der Waals surface area (Å²) in [7, 11) is 2.02. The van der Waals surface area contributed by atoms with Gasteiger partial charge in [-0.15, -0.1) is 0 Å². The number of furan rings is 1. The zero-order chi connectivity index (χ0) is 11.8. The molecule has 1 fully saturated rings. The second-order valence-electron chi connectivity index (χ2n) is 5.40. The predicted molar refractivity (Wildman–Crippen MR) is 69.3 cm³/mol. The van der Waals surface area contributed by atoms with Crippen LogP contribution in [0.4, 0.5) is 0 Å². The van der Waals surface area contributed by atoms with Gasteiger partial charge < -0.3 is 9.73 Å². The normalized spacial score (nSPS) is 25.9. The summed E-state index contributed by atoms with van der Waals surface area (Å²) >= 11 is 3.37. The summed E-state index contributed by atoms with van der Waals surface area (Å²) < 4.78 is 6.51. The van der Waals surface area contributed by atoms with Crippen molar-refractivity contribution < 1.29 is 4.42 Å². The summed E-state index contributed by atoms with van der Waals surface area (Å²) in [6, 6.07) is 4.38. The number of halogens is 1. The van der Waals surface area contributed by atoms with Crippen molar-refractivity contribution in [3.05, 3.63) is 22.6 Å². The molecule has 90 valence electrons. The highest BCUT2D eigenvalue weighted by atomic mass is 79.9. The summed E-state index contributed by atoms with van der Waals surface area (Å²) in [4.78, 5) is 0. The van der Waals surface area contributed by atoms with Crippen LogP contribution in [0.25, 0.3) is 0 Å². The van der Waals surface area contributed by atoms with Crippen LogP contribution in [0.5, 0.6) is 0 Å². The topological polar surface area (TPSA) is 25.2 Å². The van der Waals surface area contributed by atoms with Gasteiger partial charge in [0, 0.05) is 0 Å². The second-order valence-corrected chi connectivity index (χ2v) is 6.18. The molecule has 3 heteroatoms. The Labute approximate surface area is 106 Å². The van der Waals surface area contributed by atoms with Gasteiger partial charge >= 0.3 is 0 Å². The molecule has 1 aromatic rings. The van der Waals surface area contributed by atoms with Gasteiger partial charge in [0.15, 0.2) is 4.67 Å². The molecule has 0 spiro atoms. The van der Waals surface area contributed by atoms with E-state index in [9.17, 15) is 0 Å². The molecule has 1 N–H and O–H groups in total. The molecule has 0 bridgehead atoms. The molecule has 0 amide bonds. The van der Waals surface area contributed by atoms with Gasteiger partial charge in [0.2, 0.25) is 0 Å². The van der Waals surface area contributed by atoms with E-state index in [1.807, 2.05) is 13.1 Å². The molecule has 1 aromatic heterocycles. The van der Waals surface area contributed by atoms with Crippen molar-refractivity contribution in [2.45, 2.75) is 39.2 Å². The highest BCUT2D eigenvalue weighted by molar-refractivity contribution is 9.10. The van der Waals surface area contributed by atoms with Gasteiger partial charge in [0.05, 0.1) is 6.04 Å². The minimum atomic E-state index is 0.337. The van der Waals surface area contributed by atoms with Crippen LogP contribution in [0.15, 0.2) is 21.2 Å². The van der Waals surface area contributed by atoms with E-state index in [0.717, 1.165) is 10.4 Å². The Kier molecular flexibility index (Phi) is 3.45. The van der Waals surface area contributed by atoms with Gasteiger partial charge in [-0.2, -0.15) is 0 Å². The molecule has 16 heavy (non-hydrogen) atoms. The quantitative estimate of drug-likeness (QED) is 0.903.